The van der Waals surface area contributed by atoms with E-state index in [0.717, 1.165) is 33.4 Å². The van der Waals surface area contributed by atoms with E-state index in [1.54, 1.807) is 0 Å². The molecule has 2 aromatic carbocycles. The molecule has 6 heteroatoms. The Balaban J connectivity index is 1.83. The Morgan fingerprint density at radius 3 is 2.59 bits per heavy atom. The third-order valence-electron chi connectivity index (χ3n) is 4.50. The van der Waals surface area contributed by atoms with Crippen LogP contribution < -0.4 is 5.32 Å². The molecule has 0 aliphatic rings. The maximum atomic E-state index is 9.21. The van der Waals surface area contributed by atoms with Crippen LogP contribution in [0.25, 0.3) is 33.4 Å². The number of benzene rings is 2. The van der Waals surface area contributed by atoms with Gasteiger partial charge in [0.1, 0.15) is 11.4 Å². The van der Waals surface area contributed by atoms with Gasteiger partial charge in [-0.15, -0.1) is 10.2 Å². The van der Waals surface area contributed by atoms with Gasteiger partial charge in [-0.25, -0.2) is 4.98 Å². The zero-order valence-corrected chi connectivity index (χ0v) is 15.1. The van der Waals surface area contributed by atoms with Crippen LogP contribution in [0.4, 0.5) is 0 Å². The molecule has 2 aromatic heterocycles. The average molecular weight is 359 g/mol. The summed E-state index contributed by atoms with van der Waals surface area (Å²) in [5.74, 6) is 0.593. The largest absolute Gasteiger partial charge is 0.395 e. The van der Waals surface area contributed by atoms with Gasteiger partial charge in [0.25, 0.3) is 0 Å². The third-order valence-corrected chi connectivity index (χ3v) is 4.50. The Kier molecular flexibility index (Phi) is 4.91. The van der Waals surface area contributed by atoms with Crippen LogP contribution >= 0.6 is 0 Å². The van der Waals surface area contributed by atoms with E-state index in [1.165, 1.54) is 0 Å². The molecular formula is C21H21N5O. The highest BCUT2D eigenvalue weighted by Crippen LogP contribution is 2.33. The van der Waals surface area contributed by atoms with Crippen molar-refractivity contribution in [2.24, 2.45) is 0 Å². The van der Waals surface area contributed by atoms with Crippen LogP contribution in [0.3, 0.4) is 0 Å². The van der Waals surface area contributed by atoms with Crippen LogP contribution in [0.15, 0.2) is 60.8 Å². The van der Waals surface area contributed by atoms with Crippen LogP contribution in [-0.2, 0) is 6.54 Å². The topological polar surface area (TPSA) is 86.7 Å². The Labute approximate surface area is 157 Å². The van der Waals surface area contributed by atoms with Gasteiger partial charge in [-0.1, -0.05) is 48.5 Å². The molecule has 4 rings (SSSR count). The number of hydrogen-bond donors (Lipinski definition) is 3. The molecular weight excluding hydrogens is 338 g/mol. The lowest BCUT2D eigenvalue weighted by atomic mass is 10.0. The minimum atomic E-state index is -0.0288. The quantitative estimate of drug-likeness (QED) is 0.492. The summed E-state index contributed by atoms with van der Waals surface area (Å²) in [6.45, 7) is 2.41. The first kappa shape index (κ1) is 17.3. The van der Waals surface area contributed by atoms with Crippen molar-refractivity contribution >= 4 is 10.9 Å². The Hall–Kier alpha value is -3.09. The number of aliphatic hydroxyl groups excluding tert-OH is 1. The second-order valence-corrected chi connectivity index (χ2v) is 6.50. The van der Waals surface area contributed by atoms with Crippen molar-refractivity contribution in [3.63, 3.8) is 0 Å². The number of aromatic nitrogens is 4. The first-order valence-corrected chi connectivity index (χ1v) is 8.96. The zero-order valence-electron chi connectivity index (χ0n) is 15.1. The lowest BCUT2D eigenvalue weighted by Crippen LogP contribution is -2.29. The van der Waals surface area contributed by atoms with Crippen molar-refractivity contribution in [3.05, 3.63) is 66.6 Å². The number of nitrogens with zero attached hydrogens (tertiary/aromatic N) is 3. The van der Waals surface area contributed by atoms with E-state index in [-0.39, 0.29) is 12.6 Å². The van der Waals surface area contributed by atoms with Crippen LogP contribution in [0.5, 0.6) is 0 Å². The normalized spacial score (nSPS) is 12.4. The molecule has 0 radical (unpaired) electrons. The summed E-state index contributed by atoms with van der Waals surface area (Å²) in [5, 5.41) is 22.3. The van der Waals surface area contributed by atoms with E-state index in [0.29, 0.717) is 12.4 Å². The minimum absolute atomic E-state index is 0.0288. The van der Waals surface area contributed by atoms with Crippen molar-refractivity contribution in [3.8, 4) is 22.5 Å². The SMILES string of the molecule is CC(CO)NCc1nnc(-c2ccccc2)c(-c2c[nH]c3ccccc23)n1. The Morgan fingerprint density at radius 2 is 1.78 bits per heavy atom. The van der Waals surface area contributed by atoms with Gasteiger partial charge in [-0.2, -0.15) is 0 Å². The first-order valence-electron chi connectivity index (χ1n) is 8.96. The van der Waals surface area contributed by atoms with E-state index < -0.39 is 0 Å². The summed E-state index contributed by atoms with van der Waals surface area (Å²) in [6, 6.07) is 18.1. The summed E-state index contributed by atoms with van der Waals surface area (Å²) in [6.07, 6.45) is 1.97. The maximum Gasteiger partial charge on any atom is 0.165 e. The predicted octanol–water partition coefficient (Wildman–Crippen LogP) is 3.16. The highest BCUT2D eigenvalue weighted by molar-refractivity contribution is 5.97. The number of aromatic amines is 1. The van der Waals surface area contributed by atoms with Crippen molar-refractivity contribution in [1.29, 1.82) is 0 Å². The molecule has 0 spiro atoms. The van der Waals surface area contributed by atoms with Gasteiger partial charge in [0.2, 0.25) is 0 Å². The molecule has 1 unspecified atom stereocenters. The second-order valence-electron chi connectivity index (χ2n) is 6.50. The molecule has 6 nitrogen and oxygen atoms in total. The smallest absolute Gasteiger partial charge is 0.165 e. The molecule has 0 amide bonds. The van der Waals surface area contributed by atoms with Gasteiger partial charge < -0.3 is 15.4 Å². The van der Waals surface area contributed by atoms with E-state index in [2.05, 4.69) is 26.6 Å². The second kappa shape index (κ2) is 7.65. The molecule has 3 N–H and O–H groups in total. The van der Waals surface area contributed by atoms with Crippen LogP contribution in [0, 0.1) is 0 Å². The number of hydrogen-bond acceptors (Lipinski definition) is 5. The van der Waals surface area contributed by atoms with Crippen molar-refractivity contribution in [2.45, 2.75) is 19.5 Å². The number of rotatable bonds is 6. The fraction of sp³-hybridized carbons (Fsp3) is 0.190. The van der Waals surface area contributed by atoms with E-state index >= 15 is 0 Å². The molecule has 2 heterocycles. The average Bonchev–Trinajstić information content (AvgIpc) is 3.16. The lowest BCUT2D eigenvalue weighted by Gasteiger charge is -2.12. The van der Waals surface area contributed by atoms with Gasteiger partial charge in [-0.3, -0.25) is 0 Å². The molecule has 27 heavy (non-hydrogen) atoms. The van der Waals surface area contributed by atoms with Gasteiger partial charge in [-0.05, 0) is 13.0 Å². The number of H-pyrrole nitrogens is 1. The molecule has 136 valence electrons. The third kappa shape index (κ3) is 3.58. The van der Waals surface area contributed by atoms with Crippen LogP contribution in [-0.4, -0.2) is 37.9 Å². The van der Waals surface area contributed by atoms with Crippen molar-refractivity contribution in [1.82, 2.24) is 25.5 Å². The lowest BCUT2D eigenvalue weighted by molar-refractivity contribution is 0.250. The van der Waals surface area contributed by atoms with Crippen LogP contribution in [0.1, 0.15) is 12.7 Å². The van der Waals surface area contributed by atoms with Gasteiger partial charge in [0.05, 0.1) is 13.2 Å². The highest BCUT2D eigenvalue weighted by atomic mass is 16.3. The number of fused-ring (bicyclic) bond motifs is 1. The number of aliphatic hydroxyl groups is 1. The summed E-state index contributed by atoms with van der Waals surface area (Å²) >= 11 is 0. The molecule has 0 bridgehead atoms. The van der Waals surface area contributed by atoms with E-state index in [1.807, 2.05) is 61.7 Å². The number of para-hydroxylation sites is 1. The summed E-state index contributed by atoms with van der Waals surface area (Å²) < 4.78 is 0. The molecule has 0 saturated heterocycles. The monoisotopic (exact) mass is 359 g/mol. The summed E-state index contributed by atoms with van der Waals surface area (Å²) in [4.78, 5) is 8.12. The van der Waals surface area contributed by atoms with Gasteiger partial charge in [0.15, 0.2) is 5.82 Å². The zero-order chi connectivity index (χ0) is 18.6. The van der Waals surface area contributed by atoms with Gasteiger partial charge >= 0.3 is 0 Å². The van der Waals surface area contributed by atoms with E-state index in [9.17, 15) is 5.11 Å². The van der Waals surface area contributed by atoms with E-state index in [4.69, 9.17) is 4.98 Å². The maximum absolute atomic E-state index is 9.21. The molecule has 4 aromatic rings. The molecule has 0 aliphatic heterocycles. The Bertz CT molecular complexity index is 1040. The molecule has 0 fully saturated rings. The molecule has 0 aliphatic carbocycles. The fourth-order valence-corrected chi connectivity index (χ4v) is 3.01. The fourth-order valence-electron chi connectivity index (χ4n) is 3.01. The van der Waals surface area contributed by atoms with Crippen LogP contribution in [0.2, 0.25) is 0 Å². The van der Waals surface area contributed by atoms with Gasteiger partial charge in [0, 0.05) is 34.3 Å². The predicted molar refractivity (Wildman–Crippen MR) is 106 cm³/mol. The molecule has 0 saturated carbocycles. The standard InChI is InChI=1S/C21H21N5O/c1-14(13-27)22-12-19-24-21(17-11-23-18-10-6-5-9-16(17)18)20(26-25-19)15-7-3-2-4-8-15/h2-11,14,22-23,27H,12-13H2,1H3. The minimum Gasteiger partial charge on any atom is -0.395 e. The summed E-state index contributed by atoms with van der Waals surface area (Å²) in [7, 11) is 0. The first-order chi connectivity index (χ1) is 13.3. The number of nitrogens with one attached hydrogen (secondary N) is 2. The summed E-state index contributed by atoms with van der Waals surface area (Å²) in [5.41, 5.74) is 4.57. The Morgan fingerprint density at radius 1 is 1.00 bits per heavy atom. The van der Waals surface area contributed by atoms with Crippen molar-refractivity contribution in [2.75, 3.05) is 6.61 Å². The highest BCUT2D eigenvalue weighted by Gasteiger charge is 2.17. The van der Waals surface area contributed by atoms with Crippen molar-refractivity contribution < 1.29 is 5.11 Å². The molecule has 1 atom stereocenters.